The monoisotopic (exact) mass is 169 g/mol. The molecule has 64 valence electrons. The predicted octanol–water partition coefficient (Wildman–Crippen LogP) is 0.938. The van der Waals surface area contributed by atoms with Gasteiger partial charge in [-0.3, -0.25) is 0 Å². The maximum absolute atomic E-state index is 10.3. The molecule has 0 aliphatic carbocycles. The van der Waals surface area contributed by atoms with Crippen molar-refractivity contribution in [3.63, 3.8) is 0 Å². The first-order chi connectivity index (χ1) is 5.74. The number of rotatable bonds is 4. The molecule has 1 aromatic rings. The van der Waals surface area contributed by atoms with Crippen molar-refractivity contribution in [1.29, 1.82) is 0 Å². The van der Waals surface area contributed by atoms with Gasteiger partial charge in [0.15, 0.2) is 0 Å². The molecule has 0 saturated heterocycles. The van der Waals surface area contributed by atoms with Crippen molar-refractivity contribution in [3.05, 3.63) is 24.5 Å². The molecule has 0 amide bonds. The molecule has 1 aromatic heterocycles. The van der Waals surface area contributed by atoms with Crippen LogP contribution in [0.4, 0.5) is 0 Å². The van der Waals surface area contributed by atoms with Gasteiger partial charge in [0.25, 0.3) is 5.88 Å². The number of hydrogen-bond donors (Lipinski definition) is 1. The van der Waals surface area contributed by atoms with Gasteiger partial charge in [-0.1, -0.05) is 12.7 Å². The molecule has 0 aliphatic rings. The minimum Gasteiger partial charge on any atom is -0.475 e. The molecule has 12 heavy (non-hydrogen) atoms. The van der Waals surface area contributed by atoms with Gasteiger partial charge in [0.2, 0.25) is 5.76 Å². The fourth-order valence-electron chi connectivity index (χ4n) is 0.572. The summed E-state index contributed by atoms with van der Waals surface area (Å²) in [5.74, 6) is -1.27. The van der Waals surface area contributed by atoms with E-state index in [1.807, 2.05) is 0 Å². The summed E-state index contributed by atoms with van der Waals surface area (Å²) in [6.45, 7) is 3.69. The van der Waals surface area contributed by atoms with E-state index in [0.29, 0.717) is 0 Å². The lowest BCUT2D eigenvalue weighted by atomic mass is 10.5. The first-order valence-corrected chi connectivity index (χ1v) is 3.17. The van der Waals surface area contributed by atoms with Crippen LogP contribution in [-0.4, -0.2) is 22.8 Å². The van der Waals surface area contributed by atoms with Crippen molar-refractivity contribution in [2.24, 2.45) is 0 Å². The highest BCUT2D eigenvalue weighted by Crippen LogP contribution is 2.10. The van der Waals surface area contributed by atoms with E-state index in [-0.39, 0.29) is 18.2 Å². The largest absolute Gasteiger partial charge is 0.475 e. The van der Waals surface area contributed by atoms with Crippen molar-refractivity contribution in [2.75, 3.05) is 6.61 Å². The third kappa shape index (κ3) is 1.85. The summed E-state index contributed by atoms with van der Waals surface area (Å²) in [4.78, 5) is 10.3. The van der Waals surface area contributed by atoms with Crippen LogP contribution >= 0.6 is 0 Å². The Balaban J connectivity index is 2.64. The molecule has 0 spiro atoms. The van der Waals surface area contributed by atoms with Gasteiger partial charge in [-0.05, 0) is 5.16 Å². The first kappa shape index (κ1) is 8.32. The lowest BCUT2D eigenvalue weighted by molar-refractivity contribution is 0.0651. The summed E-state index contributed by atoms with van der Waals surface area (Å²) in [5, 5.41) is 11.8. The zero-order chi connectivity index (χ0) is 8.97. The fraction of sp³-hybridized carbons (Fsp3) is 0.143. The van der Waals surface area contributed by atoms with Crippen LogP contribution in [-0.2, 0) is 0 Å². The number of carbonyl (C=O) groups is 1. The van der Waals surface area contributed by atoms with E-state index in [9.17, 15) is 4.79 Å². The first-order valence-electron chi connectivity index (χ1n) is 3.17. The summed E-state index contributed by atoms with van der Waals surface area (Å²) in [5.41, 5.74) is 0. The molecular formula is C7H7NO4. The van der Waals surface area contributed by atoms with Crippen LogP contribution in [0.3, 0.4) is 0 Å². The molecule has 1 N–H and O–H groups in total. The molecule has 0 fully saturated rings. The van der Waals surface area contributed by atoms with Gasteiger partial charge in [0.1, 0.15) is 6.61 Å². The molecule has 1 heterocycles. The Hall–Kier alpha value is -1.78. The number of hydrogen-bond acceptors (Lipinski definition) is 4. The molecule has 0 aliphatic heterocycles. The van der Waals surface area contributed by atoms with Gasteiger partial charge < -0.3 is 14.4 Å². The zero-order valence-corrected chi connectivity index (χ0v) is 6.19. The van der Waals surface area contributed by atoms with E-state index in [1.165, 1.54) is 12.1 Å². The Morgan fingerprint density at radius 3 is 3.17 bits per heavy atom. The van der Waals surface area contributed by atoms with Crippen molar-refractivity contribution >= 4 is 5.97 Å². The van der Waals surface area contributed by atoms with Gasteiger partial charge in [-0.2, -0.15) is 0 Å². The molecule has 0 bridgehead atoms. The lowest BCUT2D eigenvalue weighted by Crippen LogP contribution is -1.93. The van der Waals surface area contributed by atoms with E-state index >= 15 is 0 Å². The number of nitrogens with zero attached hydrogens (tertiary/aromatic N) is 1. The van der Waals surface area contributed by atoms with Crippen molar-refractivity contribution in [1.82, 2.24) is 5.16 Å². The summed E-state index contributed by atoms with van der Waals surface area (Å²) in [6.07, 6.45) is 1.52. The lowest BCUT2D eigenvalue weighted by Gasteiger charge is -1.92. The number of aromatic nitrogens is 1. The molecule has 0 radical (unpaired) electrons. The van der Waals surface area contributed by atoms with Crippen molar-refractivity contribution < 1.29 is 19.2 Å². The Morgan fingerprint density at radius 1 is 1.92 bits per heavy atom. The van der Waals surface area contributed by atoms with Crippen LogP contribution in [0.2, 0.25) is 0 Å². The van der Waals surface area contributed by atoms with Gasteiger partial charge in [-0.25, -0.2) is 4.79 Å². The second kappa shape index (κ2) is 3.56. The maximum atomic E-state index is 10.3. The Kier molecular flexibility index (Phi) is 2.47. The van der Waals surface area contributed by atoms with Gasteiger partial charge in [0, 0.05) is 0 Å². The van der Waals surface area contributed by atoms with Crippen LogP contribution in [0.5, 0.6) is 5.88 Å². The molecule has 5 nitrogen and oxygen atoms in total. The second-order valence-electron chi connectivity index (χ2n) is 1.93. The minimum atomic E-state index is -1.17. The van der Waals surface area contributed by atoms with Crippen molar-refractivity contribution in [2.45, 2.75) is 0 Å². The number of ether oxygens (including phenoxy) is 1. The third-order valence-electron chi connectivity index (χ3n) is 1.05. The fourth-order valence-corrected chi connectivity index (χ4v) is 0.572. The van der Waals surface area contributed by atoms with E-state index in [2.05, 4.69) is 16.3 Å². The SMILES string of the molecule is C=CCOc1cc(C(=O)O)on1. The molecule has 0 saturated carbocycles. The van der Waals surface area contributed by atoms with E-state index in [0.717, 1.165) is 0 Å². The quantitative estimate of drug-likeness (QED) is 0.679. The number of carboxylic acids is 1. The minimum absolute atomic E-state index is 0.146. The Bertz CT molecular complexity index is 291. The topological polar surface area (TPSA) is 72.6 Å². The Morgan fingerprint density at radius 2 is 2.67 bits per heavy atom. The molecule has 0 unspecified atom stereocenters. The average molecular weight is 169 g/mol. The summed E-state index contributed by atoms with van der Waals surface area (Å²) >= 11 is 0. The van der Waals surface area contributed by atoms with Crippen LogP contribution in [0.15, 0.2) is 23.2 Å². The summed E-state index contributed by atoms with van der Waals surface area (Å²) in [6, 6.07) is 1.20. The molecule has 0 atom stereocenters. The van der Waals surface area contributed by atoms with Crippen LogP contribution < -0.4 is 4.74 Å². The van der Waals surface area contributed by atoms with Gasteiger partial charge in [0.05, 0.1) is 6.07 Å². The van der Waals surface area contributed by atoms with E-state index < -0.39 is 5.97 Å². The normalized spacial score (nSPS) is 9.33. The molecular weight excluding hydrogens is 162 g/mol. The third-order valence-corrected chi connectivity index (χ3v) is 1.05. The summed E-state index contributed by atoms with van der Waals surface area (Å²) < 4.78 is 9.31. The molecule has 5 heteroatoms. The standard InChI is InChI=1S/C7H7NO4/c1-2-3-11-6-4-5(7(9)10)12-8-6/h2,4H,1,3H2,(H,9,10). The zero-order valence-electron chi connectivity index (χ0n) is 6.19. The van der Waals surface area contributed by atoms with Crippen LogP contribution in [0.1, 0.15) is 10.6 Å². The van der Waals surface area contributed by atoms with E-state index in [1.54, 1.807) is 0 Å². The molecule has 1 rings (SSSR count). The number of aromatic carboxylic acids is 1. The van der Waals surface area contributed by atoms with E-state index in [4.69, 9.17) is 9.84 Å². The second-order valence-corrected chi connectivity index (χ2v) is 1.93. The highest BCUT2D eigenvalue weighted by Gasteiger charge is 2.10. The molecule has 0 aromatic carbocycles. The van der Waals surface area contributed by atoms with Crippen LogP contribution in [0, 0.1) is 0 Å². The highest BCUT2D eigenvalue weighted by atomic mass is 16.5. The maximum Gasteiger partial charge on any atom is 0.374 e. The highest BCUT2D eigenvalue weighted by molar-refractivity contribution is 5.84. The Labute approximate surface area is 68.2 Å². The summed E-state index contributed by atoms with van der Waals surface area (Å²) in [7, 11) is 0. The van der Waals surface area contributed by atoms with Gasteiger partial charge >= 0.3 is 5.97 Å². The van der Waals surface area contributed by atoms with Crippen LogP contribution in [0.25, 0.3) is 0 Å². The van der Waals surface area contributed by atoms with Gasteiger partial charge in [-0.15, -0.1) is 0 Å². The predicted molar refractivity (Wildman–Crippen MR) is 39.2 cm³/mol. The average Bonchev–Trinajstić information content (AvgIpc) is 2.48. The van der Waals surface area contributed by atoms with Crippen molar-refractivity contribution in [3.8, 4) is 5.88 Å². The number of carboxylic acid groups (broad SMARTS) is 1. The smallest absolute Gasteiger partial charge is 0.374 e.